The minimum Gasteiger partial charge on any atom is -0.497 e. The van der Waals surface area contributed by atoms with Crippen molar-refractivity contribution in [2.75, 3.05) is 12.9 Å². The molecule has 0 unspecified atom stereocenters. The second-order valence-corrected chi connectivity index (χ2v) is 6.05. The van der Waals surface area contributed by atoms with Gasteiger partial charge in [-0.15, -0.1) is 10.2 Å². The lowest BCUT2D eigenvalue weighted by Gasteiger charge is -2.01. The molecular weight excluding hydrogens is 358 g/mol. The first-order valence-electron chi connectivity index (χ1n) is 7.45. The van der Waals surface area contributed by atoms with Crippen LogP contribution >= 0.6 is 11.8 Å². The minimum atomic E-state index is -0.497. The molecule has 0 saturated carbocycles. The Labute approximate surface area is 152 Å². The van der Waals surface area contributed by atoms with Gasteiger partial charge in [0.25, 0.3) is 10.9 Å². The van der Waals surface area contributed by atoms with Gasteiger partial charge < -0.3 is 9.15 Å². The van der Waals surface area contributed by atoms with Gasteiger partial charge in [-0.2, -0.15) is 0 Å². The molecule has 132 valence electrons. The molecule has 0 aliphatic rings. The third-order valence-corrected chi connectivity index (χ3v) is 4.27. The van der Waals surface area contributed by atoms with Crippen LogP contribution in [-0.4, -0.2) is 33.8 Å². The zero-order valence-electron chi connectivity index (χ0n) is 13.6. The standard InChI is InChI=1S/C17H13N3O5S/c1-24-14-7-5-11(6-8-14)15(21)10-26-17-19-18-16(25-17)12-3-2-4-13(9-12)20(22)23/h2-9H,10H2,1H3. The number of benzene rings is 2. The second kappa shape index (κ2) is 7.79. The monoisotopic (exact) mass is 371 g/mol. The van der Waals surface area contributed by atoms with E-state index in [2.05, 4.69) is 10.2 Å². The van der Waals surface area contributed by atoms with Crippen molar-refractivity contribution in [3.8, 4) is 17.2 Å². The summed E-state index contributed by atoms with van der Waals surface area (Å²) in [5.41, 5.74) is 0.932. The molecule has 0 saturated heterocycles. The Morgan fingerprint density at radius 3 is 2.69 bits per heavy atom. The molecular formula is C17H13N3O5S. The highest BCUT2D eigenvalue weighted by atomic mass is 32.2. The van der Waals surface area contributed by atoms with Gasteiger partial charge in [-0.25, -0.2) is 0 Å². The molecule has 0 N–H and O–H groups in total. The quantitative estimate of drug-likeness (QED) is 0.268. The first-order chi connectivity index (χ1) is 12.6. The molecule has 0 bridgehead atoms. The van der Waals surface area contributed by atoms with Gasteiger partial charge in [-0.3, -0.25) is 14.9 Å². The maximum absolute atomic E-state index is 12.2. The summed E-state index contributed by atoms with van der Waals surface area (Å²) in [4.78, 5) is 22.5. The third kappa shape index (κ3) is 4.06. The topological polar surface area (TPSA) is 108 Å². The highest BCUT2D eigenvalue weighted by Gasteiger charge is 2.14. The fourth-order valence-electron chi connectivity index (χ4n) is 2.12. The lowest BCUT2D eigenvalue weighted by atomic mass is 10.1. The van der Waals surface area contributed by atoms with E-state index < -0.39 is 4.92 Å². The maximum atomic E-state index is 12.2. The zero-order valence-corrected chi connectivity index (χ0v) is 14.4. The van der Waals surface area contributed by atoms with Crippen molar-refractivity contribution >= 4 is 23.2 Å². The number of hydrogen-bond acceptors (Lipinski definition) is 8. The molecule has 0 spiro atoms. The van der Waals surface area contributed by atoms with E-state index in [0.29, 0.717) is 16.9 Å². The van der Waals surface area contributed by atoms with E-state index in [1.165, 1.54) is 18.2 Å². The number of nitro benzene ring substituents is 1. The Bertz CT molecular complexity index is 940. The Kier molecular flexibility index (Phi) is 5.28. The average Bonchev–Trinajstić information content (AvgIpc) is 3.15. The predicted molar refractivity (Wildman–Crippen MR) is 94.4 cm³/mol. The van der Waals surface area contributed by atoms with Crippen LogP contribution < -0.4 is 4.74 Å². The fraction of sp³-hybridized carbons (Fsp3) is 0.118. The summed E-state index contributed by atoms with van der Waals surface area (Å²) in [6.07, 6.45) is 0. The van der Waals surface area contributed by atoms with Crippen LogP contribution in [0.2, 0.25) is 0 Å². The number of thioether (sulfide) groups is 1. The van der Waals surface area contributed by atoms with Crippen molar-refractivity contribution in [3.63, 3.8) is 0 Å². The molecule has 0 atom stereocenters. The summed E-state index contributed by atoms with van der Waals surface area (Å²) in [5, 5.41) is 18.8. The van der Waals surface area contributed by atoms with Crippen LogP contribution in [0.1, 0.15) is 10.4 Å². The molecule has 1 heterocycles. The Morgan fingerprint density at radius 2 is 2.00 bits per heavy atom. The normalized spacial score (nSPS) is 10.5. The number of Topliss-reactive ketones (excluding diaryl/α,β-unsaturated/α-hetero) is 1. The summed E-state index contributed by atoms with van der Waals surface area (Å²) < 4.78 is 10.5. The van der Waals surface area contributed by atoms with Crippen molar-refractivity contribution < 1.29 is 18.9 Å². The average molecular weight is 371 g/mol. The molecule has 8 nitrogen and oxygen atoms in total. The Morgan fingerprint density at radius 1 is 1.23 bits per heavy atom. The first kappa shape index (κ1) is 17.6. The number of carbonyl (C=O) groups is 1. The van der Waals surface area contributed by atoms with Gasteiger partial charge in [0, 0.05) is 23.3 Å². The minimum absolute atomic E-state index is 0.0652. The van der Waals surface area contributed by atoms with Crippen molar-refractivity contribution in [2.45, 2.75) is 5.22 Å². The fourth-order valence-corrected chi connectivity index (χ4v) is 2.78. The van der Waals surface area contributed by atoms with Crippen molar-refractivity contribution in [1.82, 2.24) is 10.2 Å². The number of nitrogens with zero attached hydrogens (tertiary/aromatic N) is 3. The molecule has 3 aromatic rings. The van der Waals surface area contributed by atoms with E-state index in [1.807, 2.05) is 0 Å². The summed E-state index contributed by atoms with van der Waals surface area (Å²) in [6.45, 7) is 0. The van der Waals surface area contributed by atoms with Crippen LogP contribution in [0, 0.1) is 10.1 Å². The molecule has 9 heteroatoms. The second-order valence-electron chi connectivity index (χ2n) is 5.12. The molecule has 26 heavy (non-hydrogen) atoms. The van der Waals surface area contributed by atoms with Crippen LogP contribution in [0.25, 0.3) is 11.5 Å². The van der Waals surface area contributed by atoms with E-state index in [9.17, 15) is 14.9 Å². The van der Waals surface area contributed by atoms with E-state index in [4.69, 9.17) is 9.15 Å². The highest BCUT2D eigenvalue weighted by molar-refractivity contribution is 7.99. The largest absolute Gasteiger partial charge is 0.497 e. The smallest absolute Gasteiger partial charge is 0.277 e. The summed E-state index contributed by atoms with van der Waals surface area (Å²) in [5.74, 6) is 0.872. The molecule has 3 rings (SSSR count). The number of carbonyl (C=O) groups excluding carboxylic acids is 1. The van der Waals surface area contributed by atoms with Crippen molar-refractivity contribution in [1.29, 1.82) is 0 Å². The van der Waals surface area contributed by atoms with Gasteiger partial charge in [0.2, 0.25) is 5.89 Å². The molecule has 1 aromatic heterocycles. The van der Waals surface area contributed by atoms with Crippen LogP contribution in [-0.2, 0) is 0 Å². The van der Waals surface area contributed by atoms with Gasteiger partial charge in [-0.05, 0) is 30.3 Å². The van der Waals surface area contributed by atoms with Crippen molar-refractivity contribution in [2.24, 2.45) is 0 Å². The van der Waals surface area contributed by atoms with Crippen LogP contribution in [0.3, 0.4) is 0 Å². The van der Waals surface area contributed by atoms with Gasteiger partial charge in [0.05, 0.1) is 17.8 Å². The predicted octanol–water partition coefficient (Wildman–Crippen LogP) is 3.63. The number of rotatable bonds is 7. The molecule has 0 aliphatic carbocycles. The molecule has 0 radical (unpaired) electrons. The van der Waals surface area contributed by atoms with Gasteiger partial charge >= 0.3 is 0 Å². The number of ether oxygens (including phenoxy) is 1. The molecule has 0 aliphatic heterocycles. The number of methoxy groups -OCH3 is 1. The number of hydrogen-bond donors (Lipinski definition) is 0. The zero-order chi connectivity index (χ0) is 18.5. The lowest BCUT2D eigenvalue weighted by Crippen LogP contribution is -2.02. The SMILES string of the molecule is COc1ccc(C(=O)CSc2nnc(-c3cccc([N+](=O)[O-])c3)o2)cc1. The maximum Gasteiger partial charge on any atom is 0.277 e. The number of ketones is 1. The van der Waals surface area contributed by atoms with E-state index in [-0.39, 0.29) is 28.3 Å². The van der Waals surface area contributed by atoms with E-state index in [1.54, 1.807) is 37.4 Å². The van der Waals surface area contributed by atoms with Crippen LogP contribution in [0.15, 0.2) is 58.2 Å². The Balaban J connectivity index is 1.65. The van der Waals surface area contributed by atoms with Gasteiger partial charge in [0.15, 0.2) is 5.78 Å². The summed E-state index contributed by atoms with van der Waals surface area (Å²) in [6, 6.07) is 12.7. The molecule has 0 fully saturated rings. The van der Waals surface area contributed by atoms with Crippen molar-refractivity contribution in [3.05, 3.63) is 64.2 Å². The highest BCUT2D eigenvalue weighted by Crippen LogP contribution is 2.26. The van der Waals surface area contributed by atoms with E-state index in [0.717, 1.165) is 11.8 Å². The third-order valence-electron chi connectivity index (χ3n) is 3.45. The van der Waals surface area contributed by atoms with Crippen LogP contribution in [0.4, 0.5) is 5.69 Å². The molecule has 2 aromatic carbocycles. The number of non-ortho nitro benzene ring substituents is 1. The number of nitro groups is 1. The Hall–Kier alpha value is -3.20. The summed E-state index contributed by atoms with van der Waals surface area (Å²) >= 11 is 1.10. The van der Waals surface area contributed by atoms with Gasteiger partial charge in [-0.1, -0.05) is 17.8 Å². The van der Waals surface area contributed by atoms with Gasteiger partial charge in [0.1, 0.15) is 5.75 Å². The first-order valence-corrected chi connectivity index (χ1v) is 8.44. The van der Waals surface area contributed by atoms with E-state index >= 15 is 0 Å². The number of aromatic nitrogens is 2. The van der Waals surface area contributed by atoms with Crippen LogP contribution in [0.5, 0.6) is 5.75 Å². The summed E-state index contributed by atoms with van der Waals surface area (Å²) in [7, 11) is 1.56. The molecule has 0 amide bonds. The lowest BCUT2D eigenvalue weighted by molar-refractivity contribution is -0.384.